The number of ether oxygens (including phenoxy) is 1. The van der Waals surface area contributed by atoms with Crippen LogP contribution in [0.1, 0.15) is 29.8 Å². The zero-order valence-corrected chi connectivity index (χ0v) is 24.8. The number of hydrogen-bond donors (Lipinski definition) is 3. The van der Waals surface area contributed by atoms with Crippen molar-refractivity contribution in [2.24, 2.45) is 7.05 Å². The lowest BCUT2D eigenvalue weighted by Gasteiger charge is -2.15. The Labute approximate surface area is 244 Å². The van der Waals surface area contributed by atoms with Gasteiger partial charge in [0, 0.05) is 49.1 Å². The molecule has 42 heavy (non-hydrogen) atoms. The number of fused-ring (bicyclic) bond motifs is 1. The molecule has 0 saturated heterocycles. The van der Waals surface area contributed by atoms with Crippen molar-refractivity contribution in [1.29, 1.82) is 0 Å². The third kappa shape index (κ3) is 5.60. The van der Waals surface area contributed by atoms with Gasteiger partial charge >= 0.3 is 0 Å². The highest BCUT2D eigenvalue weighted by Crippen LogP contribution is 2.35. The Balaban J connectivity index is 1.59. The molecule has 0 saturated carbocycles. The van der Waals surface area contributed by atoms with Crippen LogP contribution in [-0.4, -0.2) is 68.9 Å². The van der Waals surface area contributed by atoms with E-state index in [1.165, 1.54) is 13.2 Å². The number of rotatable bonds is 11. The van der Waals surface area contributed by atoms with Crippen LogP contribution in [0, 0.1) is 6.92 Å². The minimum atomic E-state index is -3.80. The topological polar surface area (TPSA) is 144 Å². The number of aliphatic hydroxyl groups is 2. The fourth-order valence-corrected chi connectivity index (χ4v) is 6.14. The Kier molecular flexibility index (Phi) is 8.30. The molecule has 3 heterocycles. The summed E-state index contributed by atoms with van der Waals surface area (Å²) in [5, 5.41) is 27.5. The molecule has 5 rings (SSSR count). The van der Waals surface area contributed by atoms with Crippen molar-refractivity contribution in [3.05, 3.63) is 77.9 Å². The first-order chi connectivity index (χ1) is 20.2. The summed E-state index contributed by atoms with van der Waals surface area (Å²) in [4.78, 5) is 9.29. The lowest BCUT2D eigenvalue weighted by Crippen LogP contribution is -2.11. The van der Waals surface area contributed by atoms with Gasteiger partial charge < -0.3 is 24.8 Å². The number of anilines is 1. The number of nitrogens with one attached hydrogen (secondary N) is 1. The van der Waals surface area contributed by atoms with Gasteiger partial charge in [-0.05, 0) is 36.2 Å². The molecule has 3 aromatic heterocycles. The van der Waals surface area contributed by atoms with Gasteiger partial charge in [-0.15, -0.1) is 0 Å². The first kappa shape index (κ1) is 29.2. The Bertz CT molecular complexity index is 1850. The average molecular weight is 591 g/mol. The van der Waals surface area contributed by atoms with Gasteiger partial charge in [-0.3, -0.25) is 0 Å². The Morgan fingerprint density at radius 1 is 1.10 bits per heavy atom. The van der Waals surface area contributed by atoms with Crippen LogP contribution in [-0.2, 0) is 23.4 Å². The zero-order valence-electron chi connectivity index (χ0n) is 23.9. The molecule has 5 aromatic rings. The van der Waals surface area contributed by atoms with Crippen LogP contribution in [0.25, 0.3) is 28.2 Å². The maximum absolute atomic E-state index is 12.9. The molecule has 220 valence electrons. The van der Waals surface area contributed by atoms with Crippen LogP contribution in [0.4, 0.5) is 5.82 Å². The molecule has 0 aliphatic heterocycles. The van der Waals surface area contributed by atoms with Gasteiger partial charge in [0.05, 0.1) is 37.5 Å². The van der Waals surface area contributed by atoms with Gasteiger partial charge in [0.2, 0.25) is 0 Å². The quantitative estimate of drug-likeness (QED) is 0.210. The summed E-state index contributed by atoms with van der Waals surface area (Å²) in [5.74, 6) is 1.07. The van der Waals surface area contributed by atoms with Gasteiger partial charge in [-0.1, -0.05) is 31.2 Å². The summed E-state index contributed by atoms with van der Waals surface area (Å²) in [6.07, 6.45) is 3.67. The number of aryl methyl sites for hydroxylation is 2. The van der Waals surface area contributed by atoms with E-state index in [1.54, 1.807) is 22.8 Å². The molecule has 2 aromatic carbocycles. The molecular weight excluding hydrogens is 556 g/mol. The predicted octanol–water partition coefficient (Wildman–Crippen LogP) is 3.59. The maximum atomic E-state index is 12.9. The fourth-order valence-electron chi connectivity index (χ4n) is 4.91. The SMILES string of the molecule is COc1ccc(-c2c(C)nn3c(NCc4cccc(-c5nccn5C)c4)cc(C(C)CO)nc23)cc1S(=O)(=O)CCO. The van der Waals surface area contributed by atoms with E-state index in [0.717, 1.165) is 17.0 Å². The van der Waals surface area contributed by atoms with Crippen LogP contribution in [0.2, 0.25) is 0 Å². The Morgan fingerprint density at radius 2 is 1.90 bits per heavy atom. The van der Waals surface area contributed by atoms with Gasteiger partial charge in [0.1, 0.15) is 22.3 Å². The third-order valence-electron chi connectivity index (χ3n) is 7.19. The van der Waals surface area contributed by atoms with Crippen molar-refractivity contribution < 1.29 is 23.4 Å². The second-order valence-electron chi connectivity index (χ2n) is 10.2. The highest BCUT2D eigenvalue weighted by atomic mass is 32.2. The lowest BCUT2D eigenvalue weighted by atomic mass is 10.1. The zero-order chi connectivity index (χ0) is 30.0. The molecule has 1 unspecified atom stereocenters. The summed E-state index contributed by atoms with van der Waals surface area (Å²) in [5.41, 5.74) is 5.11. The summed E-state index contributed by atoms with van der Waals surface area (Å²) >= 11 is 0. The second kappa shape index (κ2) is 11.9. The molecule has 0 radical (unpaired) electrons. The van der Waals surface area contributed by atoms with E-state index < -0.39 is 22.2 Å². The number of imidazole rings is 1. The average Bonchev–Trinajstić information content (AvgIpc) is 3.57. The normalized spacial score (nSPS) is 12.5. The number of aliphatic hydroxyl groups excluding tert-OH is 2. The van der Waals surface area contributed by atoms with Crippen molar-refractivity contribution in [1.82, 2.24) is 24.1 Å². The molecular formula is C30H34N6O5S. The maximum Gasteiger partial charge on any atom is 0.184 e. The smallest absolute Gasteiger partial charge is 0.184 e. The summed E-state index contributed by atoms with van der Waals surface area (Å²) < 4.78 is 34.9. The van der Waals surface area contributed by atoms with E-state index in [4.69, 9.17) is 14.8 Å². The summed E-state index contributed by atoms with van der Waals surface area (Å²) in [7, 11) is -0.443. The van der Waals surface area contributed by atoms with E-state index in [1.807, 2.05) is 55.9 Å². The molecule has 0 bridgehead atoms. The standard InChI is InChI=1S/C30H34N6O5S/c1-19(18-38)24-16-27(32-17-21-6-5-7-23(14-21)29-31-10-11-35(29)3)36-30(33-24)28(20(2)34-36)22-8-9-25(41-4)26(15-22)42(39,40)13-12-37/h5-11,14-16,19,32,37-38H,12-13,17-18H2,1-4H3. The first-order valence-electron chi connectivity index (χ1n) is 13.5. The van der Waals surface area contributed by atoms with Crippen LogP contribution in [0.3, 0.4) is 0 Å². The van der Waals surface area contributed by atoms with Crippen molar-refractivity contribution in [3.8, 4) is 28.3 Å². The number of nitrogens with zero attached hydrogens (tertiary/aromatic N) is 5. The number of methoxy groups -OCH3 is 1. The van der Waals surface area contributed by atoms with E-state index in [-0.39, 0.29) is 23.2 Å². The minimum Gasteiger partial charge on any atom is -0.495 e. The van der Waals surface area contributed by atoms with Crippen molar-refractivity contribution in [2.45, 2.75) is 31.2 Å². The lowest BCUT2D eigenvalue weighted by molar-refractivity contribution is 0.271. The van der Waals surface area contributed by atoms with E-state index >= 15 is 0 Å². The van der Waals surface area contributed by atoms with Crippen LogP contribution in [0.15, 0.2) is 65.8 Å². The fraction of sp³-hybridized carbons (Fsp3) is 0.300. The van der Waals surface area contributed by atoms with Crippen molar-refractivity contribution in [3.63, 3.8) is 0 Å². The van der Waals surface area contributed by atoms with Gasteiger partial charge in [-0.2, -0.15) is 9.61 Å². The molecule has 0 aliphatic carbocycles. The summed E-state index contributed by atoms with van der Waals surface area (Å²) in [6.45, 7) is 3.61. The highest BCUT2D eigenvalue weighted by Gasteiger charge is 2.24. The number of benzene rings is 2. The molecule has 0 aliphatic rings. The summed E-state index contributed by atoms with van der Waals surface area (Å²) in [6, 6.07) is 14.9. The predicted molar refractivity (Wildman–Crippen MR) is 160 cm³/mol. The largest absolute Gasteiger partial charge is 0.495 e. The number of aromatic nitrogens is 5. The molecule has 12 heteroatoms. The van der Waals surface area contributed by atoms with E-state index in [9.17, 15) is 18.6 Å². The van der Waals surface area contributed by atoms with E-state index in [2.05, 4.69) is 16.4 Å². The molecule has 0 spiro atoms. The molecule has 0 fully saturated rings. The third-order valence-corrected chi connectivity index (χ3v) is 8.90. The number of sulfone groups is 1. The van der Waals surface area contributed by atoms with E-state index in [0.29, 0.717) is 40.5 Å². The highest BCUT2D eigenvalue weighted by molar-refractivity contribution is 7.91. The van der Waals surface area contributed by atoms with Gasteiger partial charge in [-0.25, -0.2) is 18.4 Å². The Hall–Kier alpha value is -4.26. The van der Waals surface area contributed by atoms with Crippen molar-refractivity contribution >= 4 is 21.3 Å². The molecule has 11 nitrogen and oxygen atoms in total. The van der Waals surface area contributed by atoms with Crippen LogP contribution in [0.5, 0.6) is 5.75 Å². The monoisotopic (exact) mass is 590 g/mol. The van der Waals surface area contributed by atoms with Gasteiger partial charge in [0.15, 0.2) is 15.5 Å². The molecule has 1 atom stereocenters. The second-order valence-corrected chi connectivity index (χ2v) is 12.2. The first-order valence-corrected chi connectivity index (χ1v) is 15.2. The van der Waals surface area contributed by atoms with Gasteiger partial charge in [0.25, 0.3) is 0 Å². The molecule has 3 N–H and O–H groups in total. The van der Waals surface area contributed by atoms with Crippen LogP contribution < -0.4 is 10.1 Å². The minimum absolute atomic E-state index is 0.0128. The van der Waals surface area contributed by atoms with Crippen molar-refractivity contribution in [2.75, 3.05) is 31.4 Å². The Morgan fingerprint density at radius 3 is 2.60 bits per heavy atom. The molecule has 0 amide bonds. The van der Waals surface area contributed by atoms with Crippen LogP contribution >= 0.6 is 0 Å². The number of hydrogen-bond acceptors (Lipinski definition) is 9.